The maximum atomic E-state index is 9.24. The summed E-state index contributed by atoms with van der Waals surface area (Å²) in [5, 5.41) is 18.5. The number of rotatable bonds is 1. The summed E-state index contributed by atoms with van der Waals surface area (Å²) >= 11 is 0. The summed E-state index contributed by atoms with van der Waals surface area (Å²) < 4.78 is 10.1. The Morgan fingerprint density at radius 3 is 2.55 bits per heavy atom. The minimum Gasteiger partial charge on any atom is -0.390 e. The van der Waals surface area contributed by atoms with Gasteiger partial charge in [-0.2, -0.15) is 0 Å². The van der Waals surface area contributed by atoms with Gasteiger partial charge in [-0.25, -0.2) is 0 Å². The predicted molar refractivity (Wildman–Crippen MR) is 38.0 cm³/mol. The fourth-order valence-corrected chi connectivity index (χ4v) is 1.18. The largest absolute Gasteiger partial charge is 0.390 e. The average molecular weight is 162 g/mol. The second kappa shape index (κ2) is 3.49. The minimum absolute atomic E-state index is 0.335. The molecule has 66 valence electrons. The van der Waals surface area contributed by atoms with E-state index >= 15 is 0 Å². The molecule has 0 aromatic carbocycles. The lowest BCUT2D eigenvalue weighted by Crippen LogP contribution is -2.47. The summed E-state index contributed by atoms with van der Waals surface area (Å²) in [4.78, 5) is 0. The van der Waals surface area contributed by atoms with Gasteiger partial charge < -0.3 is 19.7 Å². The van der Waals surface area contributed by atoms with Crippen LogP contribution < -0.4 is 0 Å². The summed E-state index contributed by atoms with van der Waals surface area (Å²) in [6, 6.07) is 0. The van der Waals surface area contributed by atoms with E-state index in [0.717, 1.165) is 0 Å². The molecule has 4 atom stereocenters. The Balaban J connectivity index is 2.47. The molecule has 1 rings (SSSR count). The highest BCUT2D eigenvalue weighted by molar-refractivity contribution is 4.79. The highest BCUT2D eigenvalue weighted by atomic mass is 16.7. The summed E-state index contributed by atoms with van der Waals surface area (Å²) in [6.45, 7) is 1.71. The zero-order chi connectivity index (χ0) is 8.43. The van der Waals surface area contributed by atoms with Crippen molar-refractivity contribution in [2.24, 2.45) is 0 Å². The molecule has 0 bridgehead atoms. The zero-order valence-corrected chi connectivity index (χ0v) is 6.73. The Morgan fingerprint density at radius 1 is 1.45 bits per heavy atom. The molecule has 2 unspecified atom stereocenters. The van der Waals surface area contributed by atoms with Crippen LogP contribution in [0.1, 0.15) is 13.3 Å². The highest BCUT2D eigenvalue weighted by Crippen LogP contribution is 2.19. The van der Waals surface area contributed by atoms with E-state index in [-0.39, 0.29) is 12.4 Å². The van der Waals surface area contributed by atoms with Crippen LogP contribution in [0, 0.1) is 0 Å². The van der Waals surface area contributed by atoms with E-state index in [4.69, 9.17) is 9.47 Å². The van der Waals surface area contributed by atoms with Crippen LogP contribution in [0.4, 0.5) is 0 Å². The first-order valence-corrected chi connectivity index (χ1v) is 3.69. The van der Waals surface area contributed by atoms with Crippen LogP contribution in [0.2, 0.25) is 0 Å². The molecule has 11 heavy (non-hydrogen) atoms. The molecular formula is C7H14O4. The molecule has 1 aliphatic heterocycles. The number of hydrogen-bond donors (Lipinski definition) is 2. The van der Waals surface area contributed by atoms with E-state index in [1.54, 1.807) is 6.92 Å². The van der Waals surface area contributed by atoms with Crippen LogP contribution in [-0.2, 0) is 9.47 Å². The van der Waals surface area contributed by atoms with Gasteiger partial charge in [0.15, 0.2) is 6.29 Å². The Hall–Kier alpha value is -0.160. The van der Waals surface area contributed by atoms with Gasteiger partial charge in [-0.1, -0.05) is 0 Å². The van der Waals surface area contributed by atoms with Crippen molar-refractivity contribution in [1.29, 1.82) is 0 Å². The van der Waals surface area contributed by atoms with Crippen molar-refractivity contribution >= 4 is 0 Å². The molecular weight excluding hydrogens is 148 g/mol. The van der Waals surface area contributed by atoms with Crippen molar-refractivity contribution in [3.05, 3.63) is 0 Å². The first-order valence-electron chi connectivity index (χ1n) is 3.69. The van der Waals surface area contributed by atoms with Gasteiger partial charge in [0.2, 0.25) is 0 Å². The summed E-state index contributed by atoms with van der Waals surface area (Å²) in [6.07, 6.45) is -1.93. The van der Waals surface area contributed by atoms with Gasteiger partial charge in [-0.3, -0.25) is 0 Å². The summed E-state index contributed by atoms with van der Waals surface area (Å²) in [5.41, 5.74) is 0. The number of methoxy groups -OCH3 is 1. The maximum Gasteiger partial charge on any atom is 0.160 e. The first-order chi connectivity index (χ1) is 5.15. The molecule has 0 amide bonds. The first kappa shape index (κ1) is 8.93. The Kier molecular flexibility index (Phi) is 2.84. The van der Waals surface area contributed by atoms with Crippen LogP contribution in [0.5, 0.6) is 0 Å². The summed E-state index contributed by atoms with van der Waals surface area (Å²) in [7, 11) is 1.52. The highest BCUT2D eigenvalue weighted by Gasteiger charge is 2.33. The van der Waals surface area contributed by atoms with Crippen molar-refractivity contribution in [1.82, 2.24) is 0 Å². The Bertz CT molecular complexity index is 116. The van der Waals surface area contributed by atoms with Gasteiger partial charge in [0.1, 0.15) is 6.10 Å². The van der Waals surface area contributed by atoms with E-state index in [0.29, 0.717) is 6.42 Å². The lowest BCUT2D eigenvalue weighted by molar-refractivity contribution is -0.237. The Labute approximate surface area is 65.7 Å². The third kappa shape index (κ3) is 1.90. The fourth-order valence-electron chi connectivity index (χ4n) is 1.18. The molecule has 1 aliphatic rings. The molecule has 0 aromatic heterocycles. The molecule has 0 spiro atoms. The number of aliphatic hydroxyl groups excluding tert-OH is 2. The van der Waals surface area contributed by atoms with E-state index in [1.807, 2.05) is 0 Å². The molecule has 2 N–H and O–H groups in total. The van der Waals surface area contributed by atoms with Gasteiger partial charge in [-0.05, 0) is 6.92 Å². The van der Waals surface area contributed by atoms with Crippen LogP contribution in [0.3, 0.4) is 0 Å². The van der Waals surface area contributed by atoms with E-state index < -0.39 is 12.2 Å². The van der Waals surface area contributed by atoms with Crippen molar-refractivity contribution < 1.29 is 19.7 Å². The molecule has 0 radical (unpaired) electrons. The predicted octanol–water partition coefficient (Wildman–Crippen LogP) is -0.510. The topological polar surface area (TPSA) is 58.9 Å². The summed E-state index contributed by atoms with van der Waals surface area (Å²) in [5.74, 6) is 0. The normalized spacial score (nSPS) is 45.8. The quantitative estimate of drug-likeness (QED) is 0.545. The second-order valence-corrected chi connectivity index (χ2v) is 2.80. The van der Waals surface area contributed by atoms with Crippen LogP contribution in [0.15, 0.2) is 0 Å². The van der Waals surface area contributed by atoms with Gasteiger partial charge in [0.05, 0.1) is 12.2 Å². The van der Waals surface area contributed by atoms with Gasteiger partial charge in [0.25, 0.3) is 0 Å². The van der Waals surface area contributed by atoms with Crippen molar-refractivity contribution in [2.75, 3.05) is 7.11 Å². The molecule has 0 saturated carbocycles. The average Bonchev–Trinajstić information content (AvgIpc) is 1.99. The molecule has 4 nitrogen and oxygen atoms in total. The number of aliphatic hydroxyl groups is 2. The van der Waals surface area contributed by atoms with Gasteiger partial charge in [-0.15, -0.1) is 0 Å². The standard InChI is InChI=1S/C7H14O4/c1-4-7(9)5(8)3-6(10-2)11-4/h4-9H,3H2,1-2H3/t4?,5?,6-,7-/m1/s1. The molecule has 0 aromatic rings. The molecule has 4 heteroatoms. The van der Waals surface area contributed by atoms with Gasteiger partial charge in [0, 0.05) is 13.5 Å². The smallest absolute Gasteiger partial charge is 0.160 e. The number of hydrogen-bond acceptors (Lipinski definition) is 4. The van der Waals surface area contributed by atoms with Gasteiger partial charge >= 0.3 is 0 Å². The minimum atomic E-state index is -0.790. The van der Waals surface area contributed by atoms with Crippen LogP contribution >= 0.6 is 0 Å². The van der Waals surface area contributed by atoms with Crippen molar-refractivity contribution in [2.45, 2.75) is 37.9 Å². The maximum absolute atomic E-state index is 9.24. The monoisotopic (exact) mass is 162 g/mol. The lowest BCUT2D eigenvalue weighted by atomic mass is 10.0. The Morgan fingerprint density at radius 2 is 2.09 bits per heavy atom. The third-order valence-electron chi connectivity index (χ3n) is 1.94. The SMILES string of the molecule is CO[C@H]1CC(O)[C@H](O)C(C)O1. The molecule has 1 fully saturated rings. The fraction of sp³-hybridized carbons (Fsp3) is 1.00. The van der Waals surface area contributed by atoms with Crippen LogP contribution in [-0.4, -0.2) is 41.9 Å². The lowest BCUT2D eigenvalue weighted by Gasteiger charge is -2.34. The van der Waals surface area contributed by atoms with E-state index in [9.17, 15) is 10.2 Å². The zero-order valence-electron chi connectivity index (χ0n) is 6.73. The van der Waals surface area contributed by atoms with E-state index in [1.165, 1.54) is 7.11 Å². The van der Waals surface area contributed by atoms with Crippen molar-refractivity contribution in [3.8, 4) is 0 Å². The second-order valence-electron chi connectivity index (χ2n) is 2.80. The number of ether oxygens (including phenoxy) is 2. The molecule has 1 saturated heterocycles. The van der Waals surface area contributed by atoms with Crippen molar-refractivity contribution in [3.63, 3.8) is 0 Å². The van der Waals surface area contributed by atoms with Crippen LogP contribution in [0.25, 0.3) is 0 Å². The third-order valence-corrected chi connectivity index (χ3v) is 1.94. The molecule has 1 heterocycles. The molecule has 0 aliphatic carbocycles. The van der Waals surface area contributed by atoms with E-state index in [2.05, 4.69) is 0 Å².